The second kappa shape index (κ2) is 6.76. The molecule has 1 aliphatic heterocycles. The fraction of sp³-hybridized carbons (Fsp3) is 0.412. The number of hydrogen-bond donors (Lipinski definition) is 0. The highest BCUT2D eigenvalue weighted by Gasteiger charge is 2.30. The van der Waals surface area contributed by atoms with Crippen LogP contribution < -0.4 is 4.90 Å². The Morgan fingerprint density at radius 1 is 1.07 bits per heavy atom. The van der Waals surface area contributed by atoms with Gasteiger partial charge in [-0.1, -0.05) is 0 Å². The maximum Gasteiger partial charge on any atom is 0.417 e. The van der Waals surface area contributed by atoms with E-state index in [1.807, 2.05) is 13.0 Å². The molecule has 0 bridgehead atoms. The number of hydrogen-bond acceptors (Lipinski definition) is 6. The first kappa shape index (κ1) is 17.7. The molecule has 0 radical (unpaired) electrons. The van der Waals surface area contributed by atoms with E-state index >= 15 is 0 Å². The second-order valence-electron chi connectivity index (χ2n) is 6.53. The molecule has 1 saturated heterocycles. The monoisotopic (exact) mass is 377 g/mol. The standard InChI is InChI=1S/C17H18F3N7/c1-12-8-15(27-16(24-12)22-11-23-27)26-6-4-25(5-7-26)10-14-3-2-13(9-21-14)17(18,19)20/h2-3,8-9,11H,4-7,10H2,1H3. The summed E-state index contributed by atoms with van der Waals surface area (Å²) in [4.78, 5) is 16.8. The summed E-state index contributed by atoms with van der Waals surface area (Å²) >= 11 is 0. The van der Waals surface area contributed by atoms with Crippen LogP contribution in [-0.2, 0) is 12.7 Å². The molecular weight excluding hydrogens is 359 g/mol. The predicted molar refractivity (Wildman–Crippen MR) is 92.2 cm³/mol. The molecule has 0 atom stereocenters. The maximum absolute atomic E-state index is 12.6. The Bertz CT molecular complexity index is 928. The number of nitrogens with zero attached hydrogens (tertiary/aromatic N) is 7. The summed E-state index contributed by atoms with van der Waals surface area (Å²) < 4.78 is 39.6. The molecule has 0 aliphatic carbocycles. The van der Waals surface area contributed by atoms with Crippen molar-refractivity contribution < 1.29 is 13.2 Å². The zero-order chi connectivity index (χ0) is 19.0. The molecule has 0 unspecified atom stereocenters. The SMILES string of the molecule is Cc1cc(N2CCN(Cc3ccc(C(F)(F)F)cn3)CC2)n2ncnc2n1. The van der Waals surface area contributed by atoms with Gasteiger partial charge >= 0.3 is 6.18 Å². The predicted octanol–water partition coefficient (Wildman–Crippen LogP) is 2.17. The lowest BCUT2D eigenvalue weighted by Crippen LogP contribution is -2.46. The molecule has 1 fully saturated rings. The average Bonchev–Trinajstić information content (AvgIpc) is 3.10. The molecular formula is C17H18F3N7. The smallest absolute Gasteiger partial charge is 0.354 e. The largest absolute Gasteiger partial charge is 0.417 e. The fourth-order valence-electron chi connectivity index (χ4n) is 3.19. The fourth-order valence-corrected chi connectivity index (χ4v) is 3.19. The third-order valence-electron chi connectivity index (χ3n) is 4.60. The van der Waals surface area contributed by atoms with Crippen molar-refractivity contribution in [2.75, 3.05) is 31.1 Å². The molecule has 10 heteroatoms. The van der Waals surface area contributed by atoms with Gasteiger partial charge in [0.1, 0.15) is 12.1 Å². The van der Waals surface area contributed by atoms with Crippen molar-refractivity contribution in [3.05, 3.63) is 47.7 Å². The molecule has 27 heavy (non-hydrogen) atoms. The van der Waals surface area contributed by atoms with E-state index in [0.29, 0.717) is 18.0 Å². The molecule has 0 aromatic carbocycles. The lowest BCUT2D eigenvalue weighted by atomic mass is 10.2. The number of alkyl halides is 3. The lowest BCUT2D eigenvalue weighted by Gasteiger charge is -2.35. The number of aromatic nitrogens is 5. The van der Waals surface area contributed by atoms with Crippen LogP contribution in [0.4, 0.5) is 19.0 Å². The molecule has 7 nitrogen and oxygen atoms in total. The highest BCUT2D eigenvalue weighted by molar-refractivity contribution is 5.47. The number of fused-ring (bicyclic) bond motifs is 1. The minimum absolute atomic E-state index is 0.528. The van der Waals surface area contributed by atoms with Crippen molar-refractivity contribution in [2.45, 2.75) is 19.6 Å². The summed E-state index contributed by atoms with van der Waals surface area (Å²) in [5, 5.41) is 4.24. The first-order valence-corrected chi connectivity index (χ1v) is 8.57. The number of piperazine rings is 1. The highest BCUT2D eigenvalue weighted by atomic mass is 19.4. The molecule has 142 valence electrons. The minimum atomic E-state index is -4.35. The van der Waals surface area contributed by atoms with Crippen LogP contribution in [0, 0.1) is 6.92 Å². The van der Waals surface area contributed by atoms with Crippen LogP contribution in [0.5, 0.6) is 0 Å². The number of halogens is 3. The summed E-state index contributed by atoms with van der Waals surface area (Å²) in [7, 11) is 0. The number of rotatable bonds is 3. The highest BCUT2D eigenvalue weighted by Crippen LogP contribution is 2.28. The van der Waals surface area contributed by atoms with E-state index in [0.717, 1.165) is 50.0 Å². The summed E-state index contributed by atoms with van der Waals surface area (Å²) in [6.07, 6.45) is -1.98. The third-order valence-corrected chi connectivity index (χ3v) is 4.60. The van der Waals surface area contributed by atoms with Gasteiger partial charge in [0.2, 0.25) is 0 Å². The van der Waals surface area contributed by atoms with Crippen molar-refractivity contribution in [1.29, 1.82) is 0 Å². The summed E-state index contributed by atoms with van der Waals surface area (Å²) in [5.41, 5.74) is 0.790. The van der Waals surface area contributed by atoms with Gasteiger partial charge in [0, 0.05) is 50.7 Å². The van der Waals surface area contributed by atoms with Crippen LogP contribution in [0.25, 0.3) is 5.78 Å². The second-order valence-corrected chi connectivity index (χ2v) is 6.53. The van der Waals surface area contributed by atoms with E-state index in [2.05, 4.69) is 29.9 Å². The van der Waals surface area contributed by atoms with E-state index in [1.54, 1.807) is 4.52 Å². The lowest BCUT2D eigenvalue weighted by molar-refractivity contribution is -0.137. The Labute approximate surface area is 153 Å². The van der Waals surface area contributed by atoms with E-state index < -0.39 is 11.7 Å². The van der Waals surface area contributed by atoms with Crippen LogP contribution in [0.1, 0.15) is 17.0 Å². The number of pyridine rings is 1. The summed E-state index contributed by atoms with van der Waals surface area (Å²) in [6, 6.07) is 4.51. The Hall–Kier alpha value is -2.75. The third kappa shape index (κ3) is 3.70. The Kier molecular flexibility index (Phi) is 4.42. The molecule has 4 heterocycles. The molecule has 4 rings (SSSR count). The van der Waals surface area contributed by atoms with Gasteiger partial charge < -0.3 is 4.90 Å². The Morgan fingerprint density at radius 3 is 2.52 bits per heavy atom. The maximum atomic E-state index is 12.6. The number of aryl methyl sites for hydroxylation is 1. The van der Waals surface area contributed by atoms with E-state index in [4.69, 9.17) is 0 Å². The molecule has 0 N–H and O–H groups in total. The molecule has 3 aromatic rings. The van der Waals surface area contributed by atoms with Crippen LogP contribution in [-0.4, -0.2) is 55.6 Å². The number of anilines is 1. The van der Waals surface area contributed by atoms with Crippen LogP contribution in [0.15, 0.2) is 30.7 Å². The van der Waals surface area contributed by atoms with E-state index in [9.17, 15) is 13.2 Å². The summed E-state index contributed by atoms with van der Waals surface area (Å²) in [5.74, 6) is 1.52. The van der Waals surface area contributed by atoms with Gasteiger partial charge in [0.25, 0.3) is 5.78 Å². The van der Waals surface area contributed by atoms with Crippen molar-refractivity contribution in [1.82, 2.24) is 29.5 Å². The Morgan fingerprint density at radius 2 is 1.85 bits per heavy atom. The minimum Gasteiger partial charge on any atom is -0.354 e. The first-order chi connectivity index (χ1) is 12.9. The molecule has 0 spiro atoms. The first-order valence-electron chi connectivity index (χ1n) is 8.57. The van der Waals surface area contributed by atoms with E-state index in [-0.39, 0.29) is 0 Å². The van der Waals surface area contributed by atoms with Crippen molar-refractivity contribution >= 4 is 11.6 Å². The normalized spacial score (nSPS) is 16.2. The zero-order valence-electron chi connectivity index (χ0n) is 14.7. The molecule has 0 amide bonds. The van der Waals surface area contributed by atoms with Crippen LogP contribution in [0.2, 0.25) is 0 Å². The van der Waals surface area contributed by atoms with Crippen LogP contribution in [0.3, 0.4) is 0 Å². The molecule has 3 aromatic heterocycles. The van der Waals surface area contributed by atoms with E-state index in [1.165, 1.54) is 12.4 Å². The molecule has 0 saturated carbocycles. The van der Waals surface area contributed by atoms with Gasteiger partial charge in [-0.15, -0.1) is 0 Å². The summed E-state index contributed by atoms with van der Waals surface area (Å²) in [6.45, 7) is 5.56. The average molecular weight is 377 g/mol. The van der Waals surface area contributed by atoms with Gasteiger partial charge in [-0.05, 0) is 19.1 Å². The molecule has 1 aliphatic rings. The van der Waals surface area contributed by atoms with Crippen molar-refractivity contribution in [2.24, 2.45) is 0 Å². The van der Waals surface area contributed by atoms with Gasteiger partial charge in [0.15, 0.2) is 0 Å². The van der Waals surface area contributed by atoms with Gasteiger partial charge in [-0.25, -0.2) is 4.98 Å². The van der Waals surface area contributed by atoms with Gasteiger partial charge in [0.05, 0.1) is 11.3 Å². The Balaban J connectivity index is 1.41. The van der Waals surface area contributed by atoms with Crippen molar-refractivity contribution in [3.8, 4) is 0 Å². The van der Waals surface area contributed by atoms with Crippen LogP contribution >= 0.6 is 0 Å². The van der Waals surface area contributed by atoms with Crippen molar-refractivity contribution in [3.63, 3.8) is 0 Å². The zero-order valence-corrected chi connectivity index (χ0v) is 14.7. The topological polar surface area (TPSA) is 62.5 Å². The van der Waals surface area contributed by atoms with Gasteiger partial charge in [-0.2, -0.15) is 27.8 Å². The quantitative estimate of drug-likeness (QED) is 0.697. The van der Waals surface area contributed by atoms with Gasteiger partial charge in [-0.3, -0.25) is 9.88 Å².